The van der Waals surface area contributed by atoms with Crippen LogP contribution in [0.4, 0.5) is 0 Å². The van der Waals surface area contributed by atoms with Crippen molar-refractivity contribution >= 4 is 11.8 Å². The SMILES string of the molecule is CC(=O)N[C@H]1[C@H](O[C@@H]2[C@@H](CO)O[C@@H]3N[C@@]3(NC(C)=O)[C@H]2O)O[C@H](CO)[C@@H](OO)[C@@H]1O. The van der Waals surface area contributed by atoms with E-state index in [1.165, 1.54) is 13.8 Å². The zero-order chi connectivity index (χ0) is 22.2. The smallest absolute Gasteiger partial charge is 0.218 e. The number of hydrogen-bond donors (Lipinski definition) is 8. The molecule has 172 valence electrons. The number of rotatable bonds is 7. The first kappa shape index (κ1) is 23.2. The van der Waals surface area contributed by atoms with Gasteiger partial charge in [-0.15, -0.1) is 0 Å². The summed E-state index contributed by atoms with van der Waals surface area (Å²) in [6, 6.07) is -1.27. The van der Waals surface area contributed by atoms with E-state index in [1.54, 1.807) is 0 Å². The molecule has 14 nitrogen and oxygen atoms in total. The highest BCUT2D eigenvalue weighted by atomic mass is 17.1. The fourth-order valence-corrected chi connectivity index (χ4v) is 3.90. The van der Waals surface area contributed by atoms with Crippen molar-refractivity contribution in [3.8, 4) is 0 Å². The number of carbonyl (C=O) groups is 2. The Morgan fingerprint density at radius 3 is 2.23 bits per heavy atom. The summed E-state index contributed by atoms with van der Waals surface area (Å²) in [5, 5.41) is 57.3. The average molecular weight is 437 g/mol. The lowest BCUT2D eigenvalue weighted by Gasteiger charge is -2.46. The van der Waals surface area contributed by atoms with E-state index in [1.807, 2.05) is 0 Å². The minimum Gasteiger partial charge on any atom is -0.394 e. The van der Waals surface area contributed by atoms with Gasteiger partial charge in [-0.2, -0.15) is 0 Å². The maximum absolute atomic E-state index is 11.6. The number of ether oxygens (including phenoxy) is 3. The van der Waals surface area contributed by atoms with Gasteiger partial charge in [-0.3, -0.25) is 20.2 Å². The van der Waals surface area contributed by atoms with Gasteiger partial charge in [-0.25, -0.2) is 4.89 Å². The van der Waals surface area contributed by atoms with Gasteiger partial charge in [0.2, 0.25) is 11.8 Å². The molecule has 0 aromatic rings. The maximum atomic E-state index is 11.6. The molecule has 3 rings (SSSR count). The first-order valence-electron chi connectivity index (χ1n) is 9.36. The molecule has 3 aliphatic heterocycles. The molecule has 10 atom stereocenters. The van der Waals surface area contributed by atoms with Crippen LogP contribution in [0.25, 0.3) is 0 Å². The fourth-order valence-electron chi connectivity index (χ4n) is 3.90. The predicted molar refractivity (Wildman–Crippen MR) is 93.2 cm³/mol. The van der Waals surface area contributed by atoms with Crippen molar-refractivity contribution < 1.29 is 54.4 Å². The van der Waals surface area contributed by atoms with Crippen LogP contribution in [0.5, 0.6) is 0 Å². The second-order valence-corrected chi connectivity index (χ2v) is 7.49. The Kier molecular flexibility index (Phi) is 6.93. The van der Waals surface area contributed by atoms with Gasteiger partial charge in [0.1, 0.15) is 48.9 Å². The topological polar surface area (TPSA) is 218 Å². The molecule has 0 aromatic heterocycles. The minimum absolute atomic E-state index is 0.447. The Morgan fingerprint density at radius 1 is 1.07 bits per heavy atom. The summed E-state index contributed by atoms with van der Waals surface area (Å²) in [6.07, 6.45) is -10.1. The molecule has 3 heterocycles. The number of aliphatic hydroxyl groups excluding tert-OH is 4. The van der Waals surface area contributed by atoms with Gasteiger partial charge < -0.3 is 45.3 Å². The Labute approximate surface area is 171 Å². The molecule has 2 amide bonds. The lowest BCUT2D eigenvalue weighted by Crippen LogP contribution is -2.68. The third-order valence-electron chi connectivity index (χ3n) is 5.35. The number of nitrogens with one attached hydrogen (secondary N) is 3. The number of amides is 2. The molecule has 8 N–H and O–H groups in total. The average Bonchev–Trinajstić information content (AvgIpc) is 3.38. The van der Waals surface area contributed by atoms with Crippen LogP contribution < -0.4 is 16.0 Å². The van der Waals surface area contributed by atoms with Crippen molar-refractivity contribution in [1.29, 1.82) is 0 Å². The van der Waals surface area contributed by atoms with Crippen LogP contribution in [-0.2, 0) is 28.7 Å². The Balaban J connectivity index is 1.84. The predicted octanol–water partition coefficient (Wildman–Crippen LogP) is -4.67. The number of carbonyl (C=O) groups excluding carboxylic acids is 2. The molecule has 0 unspecified atom stereocenters. The van der Waals surface area contributed by atoms with Gasteiger partial charge in [0, 0.05) is 13.8 Å². The molecule has 0 aliphatic carbocycles. The second-order valence-electron chi connectivity index (χ2n) is 7.49. The van der Waals surface area contributed by atoms with Gasteiger partial charge in [-0.1, -0.05) is 0 Å². The van der Waals surface area contributed by atoms with Gasteiger partial charge >= 0.3 is 0 Å². The third kappa shape index (κ3) is 4.16. The monoisotopic (exact) mass is 437 g/mol. The molecular weight excluding hydrogens is 410 g/mol. The molecule has 0 saturated carbocycles. The summed E-state index contributed by atoms with van der Waals surface area (Å²) in [5.41, 5.74) is -1.34. The quantitative estimate of drug-likeness (QED) is 0.107. The minimum atomic E-state index is -1.56. The summed E-state index contributed by atoms with van der Waals surface area (Å²) in [6.45, 7) is 1.21. The van der Waals surface area contributed by atoms with Gasteiger partial charge in [-0.05, 0) is 0 Å². The molecule has 3 saturated heterocycles. The third-order valence-corrected chi connectivity index (χ3v) is 5.35. The molecule has 3 aliphatic rings. The molecular formula is C16H27N3O11. The summed E-state index contributed by atoms with van der Waals surface area (Å²) in [7, 11) is 0. The van der Waals surface area contributed by atoms with Crippen LogP contribution in [0.3, 0.4) is 0 Å². The number of hydrogen-bond acceptors (Lipinski definition) is 12. The zero-order valence-electron chi connectivity index (χ0n) is 16.3. The molecule has 0 aromatic carbocycles. The van der Waals surface area contributed by atoms with Gasteiger partial charge in [0.25, 0.3) is 0 Å². The molecule has 14 heteroatoms. The van der Waals surface area contributed by atoms with Crippen LogP contribution >= 0.6 is 0 Å². The Bertz CT molecular complexity index is 654. The summed E-state index contributed by atoms with van der Waals surface area (Å²) >= 11 is 0. The van der Waals surface area contributed by atoms with Crippen LogP contribution in [-0.4, -0.2) is 112 Å². The second kappa shape index (κ2) is 8.96. The van der Waals surface area contributed by atoms with Crippen molar-refractivity contribution in [2.45, 2.75) is 74.7 Å². The van der Waals surface area contributed by atoms with E-state index in [2.05, 4.69) is 20.8 Å². The van der Waals surface area contributed by atoms with Crippen molar-refractivity contribution in [2.75, 3.05) is 13.2 Å². The largest absolute Gasteiger partial charge is 0.394 e. The van der Waals surface area contributed by atoms with E-state index >= 15 is 0 Å². The molecule has 0 radical (unpaired) electrons. The van der Waals surface area contributed by atoms with Gasteiger partial charge in [0.15, 0.2) is 12.0 Å². The lowest BCUT2D eigenvalue weighted by atomic mass is 9.95. The van der Waals surface area contributed by atoms with Gasteiger partial charge in [0.05, 0.1) is 13.2 Å². The molecule has 0 bridgehead atoms. The van der Waals surface area contributed by atoms with Crippen molar-refractivity contribution in [3.05, 3.63) is 0 Å². The maximum Gasteiger partial charge on any atom is 0.218 e. The lowest BCUT2D eigenvalue weighted by molar-refractivity contribution is -0.371. The highest BCUT2D eigenvalue weighted by Crippen LogP contribution is 2.39. The van der Waals surface area contributed by atoms with Crippen molar-refractivity contribution in [3.63, 3.8) is 0 Å². The van der Waals surface area contributed by atoms with E-state index in [9.17, 15) is 30.0 Å². The number of fused-ring (bicyclic) bond motifs is 1. The molecule has 3 fully saturated rings. The Morgan fingerprint density at radius 2 is 1.70 bits per heavy atom. The summed E-state index contributed by atoms with van der Waals surface area (Å²) in [4.78, 5) is 27.3. The van der Waals surface area contributed by atoms with E-state index in [0.29, 0.717) is 0 Å². The van der Waals surface area contributed by atoms with Crippen LogP contribution in [0.15, 0.2) is 0 Å². The zero-order valence-corrected chi connectivity index (χ0v) is 16.3. The van der Waals surface area contributed by atoms with Crippen LogP contribution in [0.1, 0.15) is 13.8 Å². The van der Waals surface area contributed by atoms with Crippen molar-refractivity contribution in [1.82, 2.24) is 16.0 Å². The highest BCUT2D eigenvalue weighted by Gasteiger charge is 2.68. The van der Waals surface area contributed by atoms with E-state index < -0.39 is 85.9 Å². The summed E-state index contributed by atoms with van der Waals surface area (Å²) < 4.78 is 16.9. The first-order valence-corrected chi connectivity index (χ1v) is 9.36. The van der Waals surface area contributed by atoms with E-state index in [0.717, 1.165) is 0 Å². The van der Waals surface area contributed by atoms with Crippen LogP contribution in [0.2, 0.25) is 0 Å². The number of aliphatic hydroxyl groups is 4. The normalized spacial score (nSPS) is 45.4. The van der Waals surface area contributed by atoms with E-state index in [4.69, 9.17) is 19.5 Å². The van der Waals surface area contributed by atoms with E-state index in [-0.39, 0.29) is 0 Å². The standard InChI is InChI=1S/C16H27N3O11/c1-5(22)17-9-10(24)11(30-26)7(3-20)27-14(9)29-12-8(4-21)28-15-16(19-15,13(12)25)18-6(2)23/h7-15,19-21,24-26H,3-4H2,1-2H3,(H,17,22)(H,18,23)/t7-,8-,9-,10-,11-,12-,13+,14+,15+,16+/m1/s1. The van der Waals surface area contributed by atoms with Crippen molar-refractivity contribution in [2.24, 2.45) is 0 Å². The Hall–Kier alpha value is -1.46. The summed E-state index contributed by atoms with van der Waals surface area (Å²) in [5.74, 6) is -1.01. The molecule has 30 heavy (non-hydrogen) atoms. The highest BCUT2D eigenvalue weighted by molar-refractivity contribution is 5.74. The first-order chi connectivity index (χ1) is 14.2. The molecule has 0 spiro atoms. The fraction of sp³-hybridized carbons (Fsp3) is 0.875. The van der Waals surface area contributed by atoms with Crippen LogP contribution in [0, 0.1) is 0 Å².